The van der Waals surface area contributed by atoms with E-state index in [0.29, 0.717) is 29.2 Å². The zero-order valence-corrected chi connectivity index (χ0v) is 17.3. The molecule has 0 atom stereocenters. The Kier molecular flexibility index (Phi) is 7.71. The molecule has 0 radical (unpaired) electrons. The van der Waals surface area contributed by atoms with Gasteiger partial charge in [0.1, 0.15) is 0 Å². The second kappa shape index (κ2) is 10.5. The maximum atomic E-state index is 12.7. The molecule has 1 saturated carbocycles. The van der Waals surface area contributed by atoms with Crippen LogP contribution in [0.1, 0.15) is 54.4 Å². The van der Waals surface area contributed by atoms with E-state index in [1.165, 1.54) is 44.2 Å². The lowest BCUT2D eigenvalue weighted by Crippen LogP contribution is -2.37. The van der Waals surface area contributed by atoms with E-state index in [0.717, 1.165) is 18.6 Å². The summed E-state index contributed by atoms with van der Waals surface area (Å²) in [6.07, 6.45) is 2.85. The number of hydrogen-bond donors (Lipinski definition) is 2. The monoisotopic (exact) mass is 432 g/mol. The van der Waals surface area contributed by atoms with Crippen molar-refractivity contribution in [1.82, 2.24) is 10.6 Å². The third kappa shape index (κ3) is 6.84. The number of alkyl halides is 3. The van der Waals surface area contributed by atoms with Crippen LogP contribution in [0.4, 0.5) is 13.2 Å². The molecule has 3 rings (SSSR count). The first-order valence-electron chi connectivity index (χ1n) is 10.7. The van der Waals surface area contributed by atoms with Crippen LogP contribution in [0.2, 0.25) is 0 Å². The molecule has 0 aliphatic heterocycles. The Bertz CT molecular complexity index is 888. The molecule has 4 nitrogen and oxygen atoms in total. The average Bonchev–Trinajstić information content (AvgIpc) is 2.78. The molecule has 166 valence electrons. The molecule has 1 fully saturated rings. The zero-order chi connectivity index (χ0) is 22.3. The van der Waals surface area contributed by atoms with Crippen LogP contribution in [0.5, 0.6) is 0 Å². The van der Waals surface area contributed by atoms with Gasteiger partial charge in [0.15, 0.2) is 0 Å². The Morgan fingerprint density at radius 3 is 2.29 bits per heavy atom. The van der Waals surface area contributed by atoms with E-state index in [9.17, 15) is 22.8 Å². The molecular weight excluding hydrogens is 405 g/mol. The van der Waals surface area contributed by atoms with Gasteiger partial charge in [-0.1, -0.05) is 56.4 Å². The molecule has 31 heavy (non-hydrogen) atoms. The van der Waals surface area contributed by atoms with E-state index in [4.69, 9.17) is 0 Å². The first-order chi connectivity index (χ1) is 14.8. The lowest BCUT2D eigenvalue weighted by molar-refractivity contribution is -0.137. The Morgan fingerprint density at radius 1 is 0.903 bits per heavy atom. The van der Waals surface area contributed by atoms with Crippen molar-refractivity contribution in [1.29, 1.82) is 0 Å². The minimum absolute atomic E-state index is 0.117. The van der Waals surface area contributed by atoms with E-state index in [-0.39, 0.29) is 12.5 Å². The van der Waals surface area contributed by atoms with Gasteiger partial charge < -0.3 is 10.6 Å². The minimum atomic E-state index is -4.39. The van der Waals surface area contributed by atoms with Crippen LogP contribution in [-0.2, 0) is 11.0 Å². The highest BCUT2D eigenvalue weighted by Gasteiger charge is 2.30. The molecule has 2 aromatic rings. The second-order valence-corrected chi connectivity index (χ2v) is 7.98. The molecule has 0 bridgehead atoms. The van der Waals surface area contributed by atoms with Gasteiger partial charge in [-0.15, -0.1) is 0 Å². The fourth-order valence-electron chi connectivity index (χ4n) is 3.91. The molecule has 7 heteroatoms. The predicted octanol–water partition coefficient (Wildman–Crippen LogP) is 5.19. The second-order valence-electron chi connectivity index (χ2n) is 7.98. The van der Waals surface area contributed by atoms with Crippen LogP contribution >= 0.6 is 0 Å². The number of carbonyl (C=O) groups excluding carboxylic acids is 2. The smallest absolute Gasteiger partial charge is 0.355 e. The number of nitrogens with one attached hydrogen (secondary N) is 2. The lowest BCUT2D eigenvalue weighted by atomic mass is 9.87. The summed E-state index contributed by atoms with van der Waals surface area (Å²) in [5.74, 6) is 0.0378. The summed E-state index contributed by atoms with van der Waals surface area (Å²) in [5, 5.41) is 5.44. The highest BCUT2D eigenvalue weighted by molar-refractivity contribution is 5.97. The maximum Gasteiger partial charge on any atom is 0.416 e. The molecule has 2 N–H and O–H groups in total. The van der Waals surface area contributed by atoms with Crippen LogP contribution < -0.4 is 10.6 Å². The van der Waals surface area contributed by atoms with Gasteiger partial charge in [-0.05, 0) is 47.7 Å². The van der Waals surface area contributed by atoms with Gasteiger partial charge in [0, 0.05) is 12.1 Å². The first kappa shape index (κ1) is 22.8. The van der Waals surface area contributed by atoms with Gasteiger partial charge in [-0.2, -0.15) is 13.2 Å². The van der Waals surface area contributed by atoms with Crippen molar-refractivity contribution in [3.8, 4) is 11.1 Å². The zero-order valence-electron chi connectivity index (χ0n) is 17.3. The highest BCUT2D eigenvalue weighted by atomic mass is 19.4. The minimum Gasteiger partial charge on any atom is -0.355 e. The summed E-state index contributed by atoms with van der Waals surface area (Å²) >= 11 is 0. The molecule has 0 saturated heterocycles. The van der Waals surface area contributed by atoms with Crippen LogP contribution in [0.25, 0.3) is 11.1 Å². The van der Waals surface area contributed by atoms with E-state index >= 15 is 0 Å². The van der Waals surface area contributed by atoms with Crippen molar-refractivity contribution in [3.05, 3.63) is 59.7 Å². The van der Waals surface area contributed by atoms with Crippen molar-refractivity contribution in [3.63, 3.8) is 0 Å². The third-order valence-electron chi connectivity index (χ3n) is 5.68. The molecule has 0 aromatic heterocycles. The number of halogens is 3. The first-order valence-corrected chi connectivity index (χ1v) is 10.7. The van der Waals surface area contributed by atoms with Gasteiger partial charge in [-0.3, -0.25) is 9.59 Å². The largest absolute Gasteiger partial charge is 0.416 e. The van der Waals surface area contributed by atoms with Crippen LogP contribution in [0, 0.1) is 5.92 Å². The van der Waals surface area contributed by atoms with Crippen LogP contribution in [-0.4, -0.2) is 24.9 Å². The van der Waals surface area contributed by atoms with Crippen molar-refractivity contribution in [2.24, 2.45) is 5.92 Å². The topological polar surface area (TPSA) is 58.2 Å². The Morgan fingerprint density at radius 2 is 1.61 bits per heavy atom. The maximum absolute atomic E-state index is 12.7. The SMILES string of the molecule is O=C(CNC(=O)c1cccc(-c2ccc(C(F)(F)F)cc2)c1)NCCC1CCCCC1. The predicted molar refractivity (Wildman–Crippen MR) is 113 cm³/mol. The summed E-state index contributed by atoms with van der Waals surface area (Å²) in [5.41, 5.74) is 0.813. The van der Waals surface area contributed by atoms with Crippen molar-refractivity contribution < 1.29 is 22.8 Å². The summed E-state index contributed by atoms with van der Waals surface area (Å²) in [7, 11) is 0. The van der Waals surface area contributed by atoms with Gasteiger partial charge in [-0.25, -0.2) is 0 Å². The highest BCUT2D eigenvalue weighted by Crippen LogP contribution is 2.31. The van der Waals surface area contributed by atoms with Gasteiger partial charge in [0.2, 0.25) is 5.91 Å². The molecule has 1 aliphatic rings. The summed E-state index contributed by atoms with van der Waals surface area (Å²) < 4.78 is 38.2. The average molecular weight is 432 g/mol. The van der Waals surface area contributed by atoms with E-state index in [1.54, 1.807) is 24.3 Å². The van der Waals surface area contributed by atoms with E-state index < -0.39 is 17.6 Å². The van der Waals surface area contributed by atoms with Gasteiger partial charge >= 0.3 is 6.18 Å². The third-order valence-corrected chi connectivity index (χ3v) is 5.68. The summed E-state index contributed by atoms with van der Waals surface area (Å²) in [6, 6.07) is 11.4. The molecule has 1 aliphatic carbocycles. The van der Waals surface area contributed by atoms with E-state index in [2.05, 4.69) is 10.6 Å². The van der Waals surface area contributed by atoms with Crippen molar-refractivity contribution in [2.45, 2.75) is 44.7 Å². The summed E-state index contributed by atoms with van der Waals surface area (Å²) in [6.45, 7) is 0.497. The molecule has 0 heterocycles. The molecular formula is C24H27F3N2O2. The number of amides is 2. The normalized spacial score (nSPS) is 14.8. The van der Waals surface area contributed by atoms with Crippen LogP contribution in [0.15, 0.2) is 48.5 Å². The molecule has 0 spiro atoms. The van der Waals surface area contributed by atoms with Gasteiger partial charge in [0.05, 0.1) is 12.1 Å². The quantitative estimate of drug-likeness (QED) is 0.633. The fraction of sp³-hybridized carbons (Fsp3) is 0.417. The molecule has 2 aromatic carbocycles. The number of rotatable bonds is 7. The lowest BCUT2D eigenvalue weighted by Gasteiger charge is -2.21. The molecule has 2 amide bonds. The number of carbonyl (C=O) groups is 2. The van der Waals surface area contributed by atoms with E-state index in [1.807, 2.05) is 0 Å². The standard InChI is InChI=1S/C24H27F3N2O2/c25-24(26,27)21-11-9-18(10-12-21)19-7-4-8-20(15-19)23(31)29-16-22(30)28-14-13-17-5-2-1-3-6-17/h4,7-12,15,17H,1-3,5-6,13-14,16H2,(H,28,30)(H,29,31). The fourth-order valence-corrected chi connectivity index (χ4v) is 3.91. The summed E-state index contributed by atoms with van der Waals surface area (Å²) in [4.78, 5) is 24.4. The molecule has 0 unspecified atom stereocenters. The Balaban J connectivity index is 1.49. The number of benzene rings is 2. The van der Waals surface area contributed by atoms with Crippen LogP contribution in [0.3, 0.4) is 0 Å². The number of hydrogen-bond acceptors (Lipinski definition) is 2. The Hall–Kier alpha value is -2.83. The van der Waals surface area contributed by atoms with Crippen molar-refractivity contribution >= 4 is 11.8 Å². The Labute approximate surface area is 180 Å². The van der Waals surface area contributed by atoms with Crippen molar-refractivity contribution in [2.75, 3.05) is 13.1 Å². The van der Waals surface area contributed by atoms with Gasteiger partial charge in [0.25, 0.3) is 5.91 Å².